The molecule has 18 heavy (non-hydrogen) atoms. The summed E-state index contributed by atoms with van der Waals surface area (Å²) in [4.78, 5) is 0. The molecule has 0 spiro atoms. The van der Waals surface area contributed by atoms with Crippen molar-refractivity contribution in [3.63, 3.8) is 0 Å². The van der Waals surface area contributed by atoms with Crippen LogP contribution in [0, 0.1) is 5.92 Å². The van der Waals surface area contributed by atoms with Gasteiger partial charge in [0.05, 0.1) is 17.7 Å². The summed E-state index contributed by atoms with van der Waals surface area (Å²) in [6.07, 6.45) is 2.96. The molecule has 0 saturated heterocycles. The fourth-order valence-electron chi connectivity index (χ4n) is 2.47. The standard InChI is InChI=1S/C14H20BrNO2/c1-18-14-5-3-11(7-13(14)15)9-16-8-10-2-4-12(17)6-10/h3,5,7,10,12,16-17H,2,4,6,8-9H2,1H3. The summed E-state index contributed by atoms with van der Waals surface area (Å²) in [5.41, 5.74) is 1.24. The third-order valence-electron chi connectivity index (χ3n) is 3.49. The summed E-state index contributed by atoms with van der Waals surface area (Å²) in [5, 5.41) is 12.9. The first-order valence-electron chi connectivity index (χ1n) is 6.40. The summed E-state index contributed by atoms with van der Waals surface area (Å²) in [6.45, 7) is 1.84. The number of methoxy groups -OCH3 is 1. The van der Waals surface area contributed by atoms with E-state index in [2.05, 4.69) is 33.4 Å². The zero-order chi connectivity index (χ0) is 13.0. The van der Waals surface area contributed by atoms with E-state index in [9.17, 15) is 5.11 Å². The van der Waals surface area contributed by atoms with Crippen molar-refractivity contribution in [3.05, 3.63) is 28.2 Å². The Morgan fingerprint density at radius 3 is 2.89 bits per heavy atom. The van der Waals surface area contributed by atoms with Crippen molar-refractivity contribution < 1.29 is 9.84 Å². The Kier molecular flexibility index (Phi) is 5.03. The first kappa shape index (κ1) is 13.8. The maximum Gasteiger partial charge on any atom is 0.133 e. The molecule has 1 aromatic rings. The van der Waals surface area contributed by atoms with E-state index in [0.717, 1.165) is 42.6 Å². The van der Waals surface area contributed by atoms with Gasteiger partial charge in [0.1, 0.15) is 5.75 Å². The van der Waals surface area contributed by atoms with Gasteiger partial charge in [-0.2, -0.15) is 0 Å². The topological polar surface area (TPSA) is 41.5 Å². The van der Waals surface area contributed by atoms with E-state index in [1.54, 1.807) is 7.11 Å². The molecule has 1 fully saturated rings. The predicted molar refractivity (Wildman–Crippen MR) is 75.7 cm³/mol. The number of aliphatic hydroxyl groups excluding tert-OH is 1. The van der Waals surface area contributed by atoms with Gasteiger partial charge >= 0.3 is 0 Å². The first-order chi connectivity index (χ1) is 8.69. The summed E-state index contributed by atoms with van der Waals surface area (Å²) < 4.78 is 6.19. The van der Waals surface area contributed by atoms with Gasteiger partial charge in [-0.15, -0.1) is 0 Å². The van der Waals surface area contributed by atoms with Gasteiger partial charge in [0.25, 0.3) is 0 Å². The van der Waals surface area contributed by atoms with Gasteiger partial charge in [0.2, 0.25) is 0 Å². The van der Waals surface area contributed by atoms with Crippen LogP contribution in [0.15, 0.2) is 22.7 Å². The molecule has 100 valence electrons. The minimum Gasteiger partial charge on any atom is -0.496 e. The van der Waals surface area contributed by atoms with Gasteiger partial charge in [-0.25, -0.2) is 0 Å². The molecule has 1 aliphatic carbocycles. The monoisotopic (exact) mass is 313 g/mol. The van der Waals surface area contributed by atoms with Crippen LogP contribution < -0.4 is 10.1 Å². The lowest BCUT2D eigenvalue weighted by Gasteiger charge is -2.11. The second-order valence-corrected chi connectivity index (χ2v) is 5.79. The minimum atomic E-state index is -0.0769. The highest BCUT2D eigenvalue weighted by Crippen LogP contribution is 2.26. The average molecular weight is 314 g/mol. The Balaban J connectivity index is 1.78. The van der Waals surface area contributed by atoms with Crippen LogP contribution in [-0.4, -0.2) is 24.9 Å². The highest BCUT2D eigenvalue weighted by molar-refractivity contribution is 9.10. The van der Waals surface area contributed by atoms with Crippen molar-refractivity contribution in [1.29, 1.82) is 0 Å². The number of hydrogen-bond donors (Lipinski definition) is 2. The molecule has 4 heteroatoms. The molecular weight excluding hydrogens is 294 g/mol. The van der Waals surface area contributed by atoms with Crippen LogP contribution in [0.4, 0.5) is 0 Å². The third-order valence-corrected chi connectivity index (χ3v) is 4.11. The van der Waals surface area contributed by atoms with Crippen molar-refractivity contribution >= 4 is 15.9 Å². The largest absolute Gasteiger partial charge is 0.496 e. The van der Waals surface area contributed by atoms with Gasteiger partial charge in [0.15, 0.2) is 0 Å². The molecule has 2 unspecified atom stereocenters. The summed E-state index contributed by atoms with van der Waals surface area (Å²) in [7, 11) is 1.67. The predicted octanol–water partition coefficient (Wildman–Crippen LogP) is 2.71. The SMILES string of the molecule is COc1ccc(CNCC2CCC(O)C2)cc1Br. The van der Waals surface area contributed by atoms with E-state index in [1.807, 2.05) is 6.07 Å². The fourth-order valence-corrected chi connectivity index (χ4v) is 3.06. The summed E-state index contributed by atoms with van der Waals surface area (Å²) >= 11 is 3.49. The number of benzene rings is 1. The molecule has 2 atom stereocenters. The van der Waals surface area contributed by atoms with Crippen LogP contribution in [0.3, 0.4) is 0 Å². The van der Waals surface area contributed by atoms with E-state index in [0.29, 0.717) is 5.92 Å². The van der Waals surface area contributed by atoms with Gasteiger partial charge in [-0.05, 0) is 65.4 Å². The normalized spacial score (nSPS) is 23.3. The molecule has 0 bridgehead atoms. The number of nitrogens with one attached hydrogen (secondary N) is 1. The average Bonchev–Trinajstić information content (AvgIpc) is 2.75. The van der Waals surface area contributed by atoms with E-state index in [-0.39, 0.29) is 6.10 Å². The second kappa shape index (κ2) is 6.55. The van der Waals surface area contributed by atoms with Crippen LogP contribution in [0.2, 0.25) is 0 Å². The van der Waals surface area contributed by atoms with Gasteiger partial charge in [0, 0.05) is 6.54 Å². The molecule has 2 N–H and O–H groups in total. The van der Waals surface area contributed by atoms with Crippen LogP contribution in [-0.2, 0) is 6.54 Å². The maximum absolute atomic E-state index is 9.46. The molecule has 0 heterocycles. The first-order valence-corrected chi connectivity index (χ1v) is 7.19. The number of rotatable bonds is 5. The fraction of sp³-hybridized carbons (Fsp3) is 0.571. The number of aliphatic hydroxyl groups is 1. The Bertz CT molecular complexity index is 397. The lowest BCUT2D eigenvalue weighted by atomic mass is 10.1. The van der Waals surface area contributed by atoms with Crippen molar-refractivity contribution in [2.24, 2.45) is 5.92 Å². The highest BCUT2D eigenvalue weighted by atomic mass is 79.9. The van der Waals surface area contributed by atoms with Gasteiger partial charge in [-0.1, -0.05) is 6.07 Å². The third kappa shape index (κ3) is 3.70. The molecule has 2 rings (SSSR count). The highest BCUT2D eigenvalue weighted by Gasteiger charge is 2.21. The summed E-state index contributed by atoms with van der Waals surface area (Å²) in [6, 6.07) is 6.12. The maximum atomic E-state index is 9.46. The smallest absolute Gasteiger partial charge is 0.133 e. The molecule has 0 radical (unpaired) electrons. The zero-order valence-electron chi connectivity index (χ0n) is 10.7. The lowest BCUT2D eigenvalue weighted by molar-refractivity contribution is 0.177. The Morgan fingerprint density at radius 1 is 1.44 bits per heavy atom. The number of hydrogen-bond acceptors (Lipinski definition) is 3. The van der Waals surface area contributed by atoms with E-state index in [4.69, 9.17) is 4.74 Å². The zero-order valence-corrected chi connectivity index (χ0v) is 12.2. The number of halogens is 1. The number of ether oxygens (including phenoxy) is 1. The quantitative estimate of drug-likeness (QED) is 0.878. The minimum absolute atomic E-state index is 0.0769. The molecule has 0 aromatic heterocycles. The van der Waals surface area contributed by atoms with Crippen molar-refractivity contribution in [1.82, 2.24) is 5.32 Å². The van der Waals surface area contributed by atoms with Crippen molar-refractivity contribution in [2.45, 2.75) is 31.9 Å². The van der Waals surface area contributed by atoms with Crippen LogP contribution in [0.5, 0.6) is 5.75 Å². The molecular formula is C14H20BrNO2. The van der Waals surface area contributed by atoms with Gasteiger partial charge in [-0.3, -0.25) is 0 Å². The lowest BCUT2D eigenvalue weighted by Crippen LogP contribution is -2.21. The second-order valence-electron chi connectivity index (χ2n) is 4.93. The van der Waals surface area contributed by atoms with Crippen LogP contribution >= 0.6 is 15.9 Å². The molecule has 1 saturated carbocycles. The molecule has 3 nitrogen and oxygen atoms in total. The Morgan fingerprint density at radius 2 is 2.28 bits per heavy atom. The van der Waals surface area contributed by atoms with E-state index < -0.39 is 0 Å². The van der Waals surface area contributed by atoms with E-state index in [1.165, 1.54) is 5.56 Å². The van der Waals surface area contributed by atoms with Crippen LogP contribution in [0.25, 0.3) is 0 Å². The van der Waals surface area contributed by atoms with Crippen molar-refractivity contribution in [3.8, 4) is 5.75 Å². The van der Waals surface area contributed by atoms with Gasteiger partial charge < -0.3 is 15.2 Å². The van der Waals surface area contributed by atoms with Crippen molar-refractivity contribution in [2.75, 3.05) is 13.7 Å². The summed E-state index contributed by atoms with van der Waals surface area (Å²) in [5.74, 6) is 1.49. The Hall–Kier alpha value is -0.580. The van der Waals surface area contributed by atoms with E-state index >= 15 is 0 Å². The molecule has 0 aliphatic heterocycles. The molecule has 1 aromatic carbocycles. The molecule has 1 aliphatic rings. The molecule has 0 amide bonds. The Labute approximate surface area is 117 Å². The van der Waals surface area contributed by atoms with Crippen LogP contribution in [0.1, 0.15) is 24.8 Å².